The lowest BCUT2D eigenvalue weighted by Crippen LogP contribution is -2.06. The molecule has 1 aliphatic rings. The molecule has 0 unspecified atom stereocenters. The molecular weight excluding hydrogens is 406 g/mol. The summed E-state index contributed by atoms with van der Waals surface area (Å²) in [5, 5.41) is 5.87. The van der Waals surface area contributed by atoms with Crippen LogP contribution in [0.15, 0.2) is 30.5 Å². The average Bonchev–Trinajstić information content (AvgIpc) is 3.26. The monoisotopic (exact) mass is 431 g/mol. The lowest BCUT2D eigenvalue weighted by molar-refractivity contribution is 0.307. The molecule has 4 heterocycles. The van der Waals surface area contributed by atoms with E-state index in [1.807, 2.05) is 24.0 Å². The highest BCUT2D eigenvalue weighted by atomic mass is 32.1. The fourth-order valence-electron chi connectivity index (χ4n) is 4.29. The molecule has 0 amide bonds. The van der Waals surface area contributed by atoms with Crippen molar-refractivity contribution < 1.29 is 4.74 Å². The Bertz CT molecular complexity index is 1300. The van der Waals surface area contributed by atoms with Crippen molar-refractivity contribution in [2.24, 2.45) is 7.05 Å². The summed E-state index contributed by atoms with van der Waals surface area (Å²) >= 11 is 1.75. The number of aromatic nitrogens is 4. The zero-order valence-electron chi connectivity index (χ0n) is 18.2. The Kier molecular flexibility index (Phi) is 4.78. The van der Waals surface area contributed by atoms with Crippen LogP contribution in [0.2, 0.25) is 0 Å². The zero-order valence-corrected chi connectivity index (χ0v) is 19.0. The van der Waals surface area contributed by atoms with E-state index in [2.05, 4.69) is 44.0 Å². The van der Waals surface area contributed by atoms with Gasteiger partial charge in [0.15, 0.2) is 11.6 Å². The largest absolute Gasteiger partial charge is 0.485 e. The van der Waals surface area contributed by atoms with Crippen molar-refractivity contribution in [3.05, 3.63) is 62.9 Å². The summed E-state index contributed by atoms with van der Waals surface area (Å²) in [6.45, 7) is 6.69. The highest BCUT2D eigenvalue weighted by Gasteiger charge is 2.23. The van der Waals surface area contributed by atoms with E-state index in [9.17, 15) is 0 Å². The molecule has 4 aromatic rings. The number of benzene rings is 1. The topological polar surface area (TPSA) is 78.9 Å². The van der Waals surface area contributed by atoms with E-state index in [1.54, 1.807) is 11.3 Å². The maximum Gasteiger partial charge on any atom is 0.166 e. The first-order chi connectivity index (χ1) is 14.9. The van der Waals surface area contributed by atoms with Gasteiger partial charge in [0.25, 0.3) is 0 Å². The van der Waals surface area contributed by atoms with Crippen molar-refractivity contribution in [2.45, 2.75) is 40.2 Å². The van der Waals surface area contributed by atoms with Crippen molar-refractivity contribution in [3.63, 3.8) is 0 Å². The predicted octanol–water partition coefficient (Wildman–Crippen LogP) is 4.85. The highest BCUT2D eigenvalue weighted by molar-refractivity contribution is 7.12. The first kappa shape index (κ1) is 19.8. The molecule has 0 fully saturated rings. The molecule has 7 heteroatoms. The molecule has 0 atom stereocenters. The number of nitrogens with two attached hydrogens (primary N) is 1. The van der Waals surface area contributed by atoms with Crippen LogP contribution in [0.25, 0.3) is 22.4 Å². The maximum atomic E-state index is 6.21. The van der Waals surface area contributed by atoms with E-state index < -0.39 is 0 Å². The molecular formula is C24H25N5OS. The van der Waals surface area contributed by atoms with Gasteiger partial charge < -0.3 is 10.5 Å². The quantitative estimate of drug-likeness (QED) is 0.466. The molecule has 5 rings (SSSR count). The predicted molar refractivity (Wildman–Crippen MR) is 124 cm³/mol. The van der Waals surface area contributed by atoms with Crippen LogP contribution in [0.5, 0.6) is 5.75 Å². The minimum absolute atomic E-state index is 0.392. The van der Waals surface area contributed by atoms with E-state index in [4.69, 9.17) is 20.6 Å². The minimum Gasteiger partial charge on any atom is -0.485 e. The zero-order chi connectivity index (χ0) is 21.7. The Morgan fingerprint density at radius 3 is 2.87 bits per heavy atom. The molecule has 3 aromatic heterocycles. The summed E-state index contributed by atoms with van der Waals surface area (Å²) in [7, 11) is 2.01. The molecule has 1 aliphatic heterocycles. The summed E-state index contributed by atoms with van der Waals surface area (Å²) in [5.74, 6) is 0.987. The van der Waals surface area contributed by atoms with Crippen LogP contribution in [0.4, 0.5) is 5.82 Å². The Balaban J connectivity index is 1.81. The van der Waals surface area contributed by atoms with Crippen LogP contribution in [0.3, 0.4) is 0 Å². The number of ether oxygens (including phenoxy) is 1. The van der Waals surface area contributed by atoms with E-state index in [0.29, 0.717) is 18.2 Å². The molecule has 0 saturated carbocycles. The van der Waals surface area contributed by atoms with E-state index in [0.717, 1.165) is 57.2 Å². The summed E-state index contributed by atoms with van der Waals surface area (Å²) in [5.41, 5.74) is 14.9. The molecule has 158 valence electrons. The van der Waals surface area contributed by atoms with E-state index in [1.165, 1.54) is 10.4 Å². The Labute approximate surface area is 185 Å². The maximum absolute atomic E-state index is 6.21. The summed E-state index contributed by atoms with van der Waals surface area (Å²) in [6.07, 6.45) is 3.42. The van der Waals surface area contributed by atoms with Crippen LogP contribution in [-0.4, -0.2) is 19.7 Å². The SMILES string of the molecule is CCc1nn(C)c2c1-c1cnc(N)c(c1)OCc1cc(C)ccc1-c1nc(C)sc1C2. The van der Waals surface area contributed by atoms with Gasteiger partial charge in [0.2, 0.25) is 0 Å². The van der Waals surface area contributed by atoms with Gasteiger partial charge >= 0.3 is 0 Å². The third-order valence-electron chi connectivity index (χ3n) is 5.78. The van der Waals surface area contributed by atoms with Crippen molar-refractivity contribution in [1.82, 2.24) is 19.7 Å². The van der Waals surface area contributed by atoms with E-state index in [-0.39, 0.29) is 0 Å². The smallest absolute Gasteiger partial charge is 0.166 e. The van der Waals surface area contributed by atoms with Gasteiger partial charge in [0.1, 0.15) is 6.61 Å². The lowest BCUT2D eigenvalue weighted by Gasteiger charge is -2.16. The van der Waals surface area contributed by atoms with Crippen LogP contribution >= 0.6 is 11.3 Å². The van der Waals surface area contributed by atoms with Gasteiger partial charge in [-0.15, -0.1) is 11.3 Å². The molecule has 2 bridgehead atoms. The summed E-state index contributed by atoms with van der Waals surface area (Å²) < 4.78 is 8.20. The fraction of sp³-hybridized carbons (Fsp3) is 0.292. The molecule has 0 spiro atoms. The lowest BCUT2D eigenvalue weighted by atomic mass is 9.97. The van der Waals surface area contributed by atoms with E-state index >= 15 is 0 Å². The minimum atomic E-state index is 0.392. The molecule has 0 radical (unpaired) electrons. The number of anilines is 1. The first-order valence-corrected chi connectivity index (χ1v) is 11.3. The van der Waals surface area contributed by atoms with Gasteiger partial charge in [-0.25, -0.2) is 9.97 Å². The van der Waals surface area contributed by atoms with Gasteiger partial charge in [-0.3, -0.25) is 4.68 Å². The summed E-state index contributed by atoms with van der Waals surface area (Å²) in [4.78, 5) is 10.6. The second-order valence-corrected chi connectivity index (χ2v) is 9.27. The molecule has 31 heavy (non-hydrogen) atoms. The van der Waals surface area contributed by atoms with Gasteiger partial charge in [-0.2, -0.15) is 5.10 Å². The number of rotatable bonds is 1. The van der Waals surface area contributed by atoms with Crippen molar-refractivity contribution in [3.8, 4) is 28.1 Å². The Morgan fingerprint density at radius 1 is 1.23 bits per heavy atom. The number of hydrogen-bond acceptors (Lipinski definition) is 6. The second-order valence-electron chi connectivity index (χ2n) is 7.98. The second kappa shape index (κ2) is 7.50. The number of fused-ring (bicyclic) bond motifs is 7. The average molecular weight is 432 g/mol. The molecule has 6 nitrogen and oxygen atoms in total. The Morgan fingerprint density at radius 2 is 2.06 bits per heavy atom. The van der Waals surface area contributed by atoms with Gasteiger partial charge in [-0.1, -0.05) is 30.7 Å². The van der Waals surface area contributed by atoms with Crippen molar-refractivity contribution in [2.75, 3.05) is 5.73 Å². The van der Waals surface area contributed by atoms with Crippen LogP contribution < -0.4 is 10.5 Å². The van der Waals surface area contributed by atoms with Crippen LogP contribution in [0.1, 0.15) is 39.3 Å². The standard InChI is InChI=1S/C24H25N5OS/c1-5-18-22-15-9-20(24(25)26-11-15)30-12-16-8-13(2)6-7-17(16)23-21(31-14(3)27-23)10-19(22)29(4)28-18/h6-9,11H,5,10,12H2,1-4H3,(H2,25,26). The van der Waals surface area contributed by atoms with Crippen LogP contribution in [-0.2, 0) is 26.5 Å². The number of thiazole rings is 1. The summed E-state index contributed by atoms with van der Waals surface area (Å²) in [6, 6.07) is 8.44. The molecule has 0 aliphatic carbocycles. The fourth-order valence-corrected chi connectivity index (χ4v) is 5.25. The van der Waals surface area contributed by atoms with Crippen molar-refractivity contribution >= 4 is 17.2 Å². The molecule has 1 aromatic carbocycles. The normalized spacial score (nSPS) is 12.8. The van der Waals surface area contributed by atoms with Gasteiger partial charge in [-0.05, 0) is 31.9 Å². The highest BCUT2D eigenvalue weighted by Crippen LogP contribution is 2.38. The number of pyridine rings is 1. The third-order valence-corrected chi connectivity index (χ3v) is 6.75. The third kappa shape index (κ3) is 3.39. The molecule has 2 N–H and O–H groups in total. The van der Waals surface area contributed by atoms with Crippen LogP contribution in [0, 0.1) is 13.8 Å². The number of nitrogens with zero attached hydrogens (tertiary/aromatic N) is 4. The van der Waals surface area contributed by atoms with Gasteiger partial charge in [0.05, 0.1) is 22.1 Å². The number of hydrogen-bond donors (Lipinski definition) is 1. The Hall–Kier alpha value is -3.19. The first-order valence-electron chi connectivity index (χ1n) is 10.4. The number of aryl methyl sites for hydroxylation is 4. The number of nitrogen functional groups attached to an aromatic ring is 1. The molecule has 0 saturated heterocycles. The van der Waals surface area contributed by atoms with Gasteiger partial charge in [0, 0.05) is 41.2 Å². The van der Waals surface area contributed by atoms with Crippen molar-refractivity contribution in [1.29, 1.82) is 0 Å².